The Hall–Kier alpha value is -2.54. The summed E-state index contributed by atoms with van der Waals surface area (Å²) in [5, 5.41) is 2.75. The number of hydrogen-bond acceptors (Lipinski definition) is 5. The van der Waals surface area contributed by atoms with E-state index >= 15 is 0 Å². The number of halogens is 1. The van der Waals surface area contributed by atoms with Gasteiger partial charge in [-0.2, -0.15) is 8.75 Å². The fraction of sp³-hybridized carbons (Fsp3) is 0.133. The highest BCUT2D eigenvalue weighted by molar-refractivity contribution is 7.00. The molecule has 1 amide bonds. The monoisotopic (exact) mass is 317 g/mol. The highest BCUT2D eigenvalue weighted by Crippen LogP contribution is 2.18. The van der Waals surface area contributed by atoms with Gasteiger partial charge in [0, 0.05) is 5.69 Å². The van der Waals surface area contributed by atoms with Crippen LogP contribution in [0.25, 0.3) is 11.0 Å². The molecule has 0 aliphatic heterocycles. The lowest BCUT2D eigenvalue weighted by molar-refractivity contribution is -0.122. The van der Waals surface area contributed by atoms with E-state index in [4.69, 9.17) is 4.74 Å². The van der Waals surface area contributed by atoms with Crippen LogP contribution in [-0.4, -0.2) is 20.8 Å². The molecule has 0 radical (unpaired) electrons. The van der Waals surface area contributed by atoms with Crippen molar-refractivity contribution < 1.29 is 13.9 Å². The van der Waals surface area contributed by atoms with Gasteiger partial charge in [0.05, 0.1) is 11.7 Å². The van der Waals surface area contributed by atoms with Crippen molar-refractivity contribution in [1.82, 2.24) is 8.75 Å². The average Bonchev–Trinajstić information content (AvgIpc) is 2.97. The lowest BCUT2D eigenvalue weighted by Crippen LogP contribution is -2.30. The summed E-state index contributed by atoms with van der Waals surface area (Å²) in [5.41, 5.74) is 2.15. The van der Waals surface area contributed by atoms with Crippen molar-refractivity contribution in [3.05, 3.63) is 48.3 Å². The number of amides is 1. The van der Waals surface area contributed by atoms with Crippen LogP contribution in [0.5, 0.6) is 5.75 Å². The van der Waals surface area contributed by atoms with Gasteiger partial charge in [0.25, 0.3) is 5.91 Å². The number of rotatable bonds is 4. The van der Waals surface area contributed by atoms with Crippen LogP contribution in [0.2, 0.25) is 0 Å². The lowest BCUT2D eigenvalue weighted by atomic mass is 10.2. The summed E-state index contributed by atoms with van der Waals surface area (Å²) in [7, 11) is 0. The topological polar surface area (TPSA) is 64.1 Å². The SMILES string of the molecule is CC(Oc1ccc(F)cc1)C(=O)Nc1ccc2nsnc2c1. The van der Waals surface area contributed by atoms with E-state index in [9.17, 15) is 9.18 Å². The van der Waals surface area contributed by atoms with E-state index in [-0.39, 0.29) is 11.7 Å². The van der Waals surface area contributed by atoms with Crippen molar-refractivity contribution in [1.29, 1.82) is 0 Å². The summed E-state index contributed by atoms with van der Waals surface area (Å²) in [6.45, 7) is 1.63. The fourth-order valence-corrected chi connectivity index (χ4v) is 2.39. The van der Waals surface area contributed by atoms with E-state index < -0.39 is 6.10 Å². The number of aromatic nitrogens is 2. The first-order chi connectivity index (χ1) is 10.6. The molecule has 0 saturated carbocycles. The minimum Gasteiger partial charge on any atom is -0.481 e. The zero-order chi connectivity index (χ0) is 15.5. The summed E-state index contributed by atoms with van der Waals surface area (Å²) in [6.07, 6.45) is -0.713. The smallest absolute Gasteiger partial charge is 0.265 e. The Labute approximate surface area is 130 Å². The molecule has 1 aromatic heterocycles. The molecule has 2 aromatic carbocycles. The number of benzene rings is 2. The number of carbonyl (C=O) groups excluding carboxylic acids is 1. The van der Waals surface area contributed by atoms with Crippen molar-refractivity contribution >= 4 is 34.4 Å². The van der Waals surface area contributed by atoms with Crippen molar-refractivity contribution in [3.8, 4) is 5.75 Å². The van der Waals surface area contributed by atoms with Crippen molar-refractivity contribution in [3.63, 3.8) is 0 Å². The molecule has 0 aliphatic carbocycles. The number of hydrogen-bond donors (Lipinski definition) is 1. The fourth-order valence-electron chi connectivity index (χ4n) is 1.87. The van der Waals surface area contributed by atoms with E-state index in [0.717, 1.165) is 22.8 Å². The van der Waals surface area contributed by atoms with Crippen LogP contribution < -0.4 is 10.1 Å². The van der Waals surface area contributed by atoms with Crippen LogP contribution in [-0.2, 0) is 4.79 Å². The van der Waals surface area contributed by atoms with Crippen molar-refractivity contribution in [2.24, 2.45) is 0 Å². The van der Waals surface area contributed by atoms with Gasteiger partial charge in [0.2, 0.25) is 0 Å². The number of nitrogens with one attached hydrogen (secondary N) is 1. The zero-order valence-electron chi connectivity index (χ0n) is 11.6. The number of fused-ring (bicyclic) bond motifs is 1. The first kappa shape index (κ1) is 14.4. The third kappa shape index (κ3) is 3.20. The molecule has 7 heteroatoms. The molecule has 3 rings (SSSR count). The average molecular weight is 317 g/mol. The van der Waals surface area contributed by atoms with Gasteiger partial charge in [-0.15, -0.1) is 0 Å². The molecule has 0 bridgehead atoms. The van der Waals surface area contributed by atoms with Gasteiger partial charge in [0.1, 0.15) is 22.6 Å². The lowest BCUT2D eigenvalue weighted by Gasteiger charge is -2.14. The summed E-state index contributed by atoms with van der Waals surface area (Å²) >= 11 is 1.12. The molecule has 1 N–H and O–H groups in total. The molecule has 1 atom stereocenters. The third-order valence-electron chi connectivity index (χ3n) is 3.02. The maximum absolute atomic E-state index is 12.8. The minimum atomic E-state index is -0.713. The predicted molar refractivity (Wildman–Crippen MR) is 82.5 cm³/mol. The number of nitrogens with zero attached hydrogens (tertiary/aromatic N) is 2. The Kier molecular flexibility index (Phi) is 3.97. The largest absolute Gasteiger partial charge is 0.481 e. The van der Waals surface area contributed by atoms with Gasteiger partial charge in [-0.1, -0.05) is 0 Å². The first-order valence-corrected chi connectivity index (χ1v) is 7.30. The van der Waals surface area contributed by atoms with E-state index in [1.165, 1.54) is 24.3 Å². The van der Waals surface area contributed by atoms with Crippen LogP contribution in [0.1, 0.15) is 6.92 Å². The normalized spacial score (nSPS) is 12.1. The minimum absolute atomic E-state index is 0.299. The van der Waals surface area contributed by atoms with Gasteiger partial charge < -0.3 is 10.1 Å². The zero-order valence-corrected chi connectivity index (χ0v) is 12.4. The van der Waals surface area contributed by atoms with Gasteiger partial charge >= 0.3 is 0 Å². The first-order valence-electron chi connectivity index (χ1n) is 6.57. The van der Waals surface area contributed by atoms with E-state index in [2.05, 4.69) is 14.1 Å². The van der Waals surface area contributed by atoms with Gasteiger partial charge in [-0.3, -0.25) is 4.79 Å². The number of anilines is 1. The van der Waals surface area contributed by atoms with Crippen LogP contribution in [0, 0.1) is 5.82 Å². The maximum atomic E-state index is 12.8. The highest BCUT2D eigenvalue weighted by atomic mass is 32.1. The van der Waals surface area contributed by atoms with E-state index in [1.54, 1.807) is 25.1 Å². The Bertz CT molecular complexity index is 804. The molecular weight excluding hydrogens is 305 g/mol. The van der Waals surface area contributed by atoms with Gasteiger partial charge in [-0.25, -0.2) is 4.39 Å². The number of carbonyl (C=O) groups is 1. The van der Waals surface area contributed by atoms with E-state index in [0.29, 0.717) is 11.4 Å². The standard InChI is InChI=1S/C15H12FN3O2S/c1-9(21-12-5-2-10(16)3-6-12)15(20)17-11-4-7-13-14(8-11)19-22-18-13/h2-9H,1H3,(H,17,20). The molecule has 112 valence electrons. The second-order valence-corrected chi connectivity index (χ2v) is 5.20. The molecule has 0 spiro atoms. The van der Waals surface area contributed by atoms with Crippen LogP contribution in [0.4, 0.5) is 10.1 Å². The Morgan fingerprint density at radius 3 is 2.68 bits per heavy atom. The highest BCUT2D eigenvalue weighted by Gasteiger charge is 2.15. The summed E-state index contributed by atoms with van der Waals surface area (Å²) < 4.78 is 26.5. The predicted octanol–water partition coefficient (Wildman–Crippen LogP) is 3.24. The second kappa shape index (κ2) is 6.07. The van der Waals surface area contributed by atoms with Crippen molar-refractivity contribution in [2.45, 2.75) is 13.0 Å². The summed E-state index contributed by atoms with van der Waals surface area (Å²) in [6, 6.07) is 10.8. The Balaban J connectivity index is 1.66. The van der Waals surface area contributed by atoms with E-state index in [1.807, 2.05) is 0 Å². The molecular formula is C15H12FN3O2S. The van der Waals surface area contributed by atoms with Crippen molar-refractivity contribution in [2.75, 3.05) is 5.32 Å². The Morgan fingerprint density at radius 2 is 1.91 bits per heavy atom. The molecule has 1 heterocycles. The molecule has 1 unspecified atom stereocenters. The van der Waals surface area contributed by atoms with Gasteiger partial charge in [0.15, 0.2) is 6.10 Å². The second-order valence-electron chi connectivity index (χ2n) is 4.67. The maximum Gasteiger partial charge on any atom is 0.265 e. The Morgan fingerprint density at radius 1 is 1.18 bits per heavy atom. The summed E-state index contributed by atoms with van der Waals surface area (Å²) in [5.74, 6) is -0.218. The molecule has 0 aliphatic rings. The molecule has 22 heavy (non-hydrogen) atoms. The summed E-state index contributed by atoms with van der Waals surface area (Å²) in [4.78, 5) is 12.1. The molecule has 5 nitrogen and oxygen atoms in total. The number of ether oxygens (including phenoxy) is 1. The quantitative estimate of drug-likeness (QED) is 0.802. The molecule has 0 saturated heterocycles. The molecule has 3 aromatic rings. The third-order valence-corrected chi connectivity index (χ3v) is 3.57. The van der Waals surface area contributed by atoms with Crippen LogP contribution >= 0.6 is 11.7 Å². The van der Waals surface area contributed by atoms with Crippen LogP contribution in [0.15, 0.2) is 42.5 Å². The van der Waals surface area contributed by atoms with Gasteiger partial charge in [-0.05, 0) is 49.4 Å². The van der Waals surface area contributed by atoms with Crippen LogP contribution in [0.3, 0.4) is 0 Å². The molecule has 0 fully saturated rings.